The molecule has 0 aliphatic rings. The second-order valence-corrected chi connectivity index (χ2v) is 7.14. The normalized spacial score (nSPS) is 11.0. The van der Waals surface area contributed by atoms with E-state index >= 15 is 0 Å². The molecular weight excluding hydrogens is 451 g/mol. The third kappa shape index (κ3) is 5.55. The molecule has 5 nitrogen and oxygen atoms in total. The Balaban J connectivity index is 1.88. The number of anilines is 1. The number of methoxy groups -OCH3 is 1. The van der Waals surface area contributed by atoms with Gasteiger partial charge in [-0.05, 0) is 60.2 Å². The molecule has 0 bridgehead atoms. The second-order valence-electron chi connectivity index (χ2n) is 6.23. The van der Waals surface area contributed by atoms with E-state index in [1.165, 1.54) is 24.3 Å². The minimum absolute atomic E-state index is 0.0265. The molecule has 3 rings (SSSR count). The summed E-state index contributed by atoms with van der Waals surface area (Å²) in [5, 5.41) is 5.23. The van der Waals surface area contributed by atoms with Crippen LogP contribution in [0.25, 0.3) is 6.08 Å². The number of hydrogen-bond acceptors (Lipinski definition) is 3. The predicted molar refractivity (Wildman–Crippen MR) is 118 cm³/mol. The number of hydrogen-bond donors (Lipinski definition) is 2. The first-order chi connectivity index (χ1) is 14.5. The van der Waals surface area contributed by atoms with E-state index in [1.807, 2.05) is 12.1 Å². The van der Waals surface area contributed by atoms with E-state index in [9.17, 15) is 14.0 Å². The number of carbonyl (C=O) groups is 2. The van der Waals surface area contributed by atoms with Crippen LogP contribution in [0, 0.1) is 5.82 Å². The van der Waals surface area contributed by atoms with Crippen LogP contribution in [0.4, 0.5) is 10.1 Å². The molecule has 30 heavy (non-hydrogen) atoms. The van der Waals surface area contributed by atoms with Crippen molar-refractivity contribution in [1.29, 1.82) is 0 Å². The summed E-state index contributed by atoms with van der Waals surface area (Å²) in [6.07, 6.45) is 1.52. The molecular formula is C23H18BrFN2O3. The lowest BCUT2D eigenvalue weighted by atomic mass is 10.1. The van der Waals surface area contributed by atoms with Crippen molar-refractivity contribution in [1.82, 2.24) is 5.32 Å². The van der Waals surface area contributed by atoms with E-state index in [-0.39, 0.29) is 11.3 Å². The standard InChI is InChI=1S/C23H18BrFN2O3/c1-30-18-12-10-17(11-13-18)26-23(29)21(14-15-6-8-16(24)9-7-15)27-22(28)19-4-2-3-5-20(19)25/h2-14H,1H3,(H,26,29)(H,27,28). The fraction of sp³-hybridized carbons (Fsp3) is 0.0435. The number of amides is 2. The summed E-state index contributed by atoms with van der Waals surface area (Å²) in [6, 6.07) is 19.5. The number of nitrogens with one attached hydrogen (secondary N) is 2. The van der Waals surface area contributed by atoms with E-state index < -0.39 is 17.6 Å². The Bertz CT molecular complexity index is 1080. The summed E-state index contributed by atoms with van der Waals surface area (Å²) in [4.78, 5) is 25.4. The van der Waals surface area contributed by atoms with Crippen LogP contribution in [0.15, 0.2) is 83.0 Å². The highest BCUT2D eigenvalue weighted by Gasteiger charge is 2.17. The predicted octanol–water partition coefficient (Wildman–Crippen LogP) is 5.01. The average Bonchev–Trinajstić information content (AvgIpc) is 2.75. The molecule has 3 aromatic rings. The van der Waals surface area contributed by atoms with E-state index in [1.54, 1.807) is 49.6 Å². The highest BCUT2D eigenvalue weighted by Crippen LogP contribution is 2.17. The third-order valence-electron chi connectivity index (χ3n) is 4.14. The van der Waals surface area contributed by atoms with Gasteiger partial charge in [0.15, 0.2) is 0 Å². The van der Waals surface area contributed by atoms with Gasteiger partial charge in [0.05, 0.1) is 12.7 Å². The summed E-state index contributed by atoms with van der Waals surface area (Å²) < 4.78 is 20.0. The molecule has 0 aromatic heterocycles. The van der Waals surface area contributed by atoms with Gasteiger partial charge in [-0.1, -0.05) is 40.2 Å². The SMILES string of the molecule is COc1ccc(NC(=O)C(=Cc2ccc(Br)cc2)NC(=O)c2ccccc2F)cc1. The summed E-state index contributed by atoms with van der Waals surface area (Å²) in [5.41, 5.74) is 1.02. The van der Waals surface area contributed by atoms with Crippen LogP contribution in [-0.2, 0) is 4.79 Å². The van der Waals surface area contributed by atoms with E-state index in [0.717, 1.165) is 4.47 Å². The van der Waals surface area contributed by atoms with Crippen molar-refractivity contribution in [3.8, 4) is 5.75 Å². The Morgan fingerprint density at radius 1 is 0.967 bits per heavy atom. The molecule has 0 heterocycles. The molecule has 0 saturated carbocycles. The molecule has 2 amide bonds. The third-order valence-corrected chi connectivity index (χ3v) is 4.67. The first-order valence-electron chi connectivity index (χ1n) is 8.95. The van der Waals surface area contributed by atoms with Crippen molar-refractivity contribution in [2.24, 2.45) is 0 Å². The summed E-state index contributed by atoms with van der Waals surface area (Å²) >= 11 is 3.35. The van der Waals surface area contributed by atoms with E-state index in [0.29, 0.717) is 17.0 Å². The molecule has 0 atom stereocenters. The van der Waals surface area contributed by atoms with Gasteiger partial charge in [0.25, 0.3) is 11.8 Å². The Kier molecular flexibility index (Phi) is 6.98. The van der Waals surface area contributed by atoms with Gasteiger partial charge in [0, 0.05) is 10.2 Å². The van der Waals surface area contributed by atoms with E-state index in [2.05, 4.69) is 26.6 Å². The van der Waals surface area contributed by atoms with Crippen LogP contribution in [0.2, 0.25) is 0 Å². The van der Waals surface area contributed by atoms with Crippen molar-refractivity contribution in [3.63, 3.8) is 0 Å². The maximum absolute atomic E-state index is 14.0. The van der Waals surface area contributed by atoms with Crippen LogP contribution < -0.4 is 15.4 Å². The van der Waals surface area contributed by atoms with Crippen molar-refractivity contribution in [3.05, 3.63) is 99.9 Å². The lowest BCUT2D eigenvalue weighted by Gasteiger charge is -2.12. The fourth-order valence-electron chi connectivity index (χ4n) is 2.59. The number of ether oxygens (including phenoxy) is 1. The summed E-state index contributed by atoms with van der Waals surface area (Å²) in [5.74, 6) is -1.30. The Hall–Kier alpha value is -3.45. The van der Waals surface area contributed by atoms with Crippen molar-refractivity contribution in [2.75, 3.05) is 12.4 Å². The molecule has 0 aliphatic carbocycles. The summed E-state index contributed by atoms with van der Waals surface area (Å²) in [6.45, 7) is 0. The van der Waals surface area contributed by atoms with Crippen LogP contribution in [0.3, 0.4) is 0 Å². The highest BCUT2D eigenvalue weighted by molar-refractivity contribution is 9.10. The maximum atomic E-state index is 14.0. The molecule has 0 saturated heterocycles. The zero-order valence-corrected chi connectivity index (χ0v) is 17.6. The topological polar surface area (TPSA) is 67.4 Å². The molecule has 2 N–H and O–H groups in total. The van der Waals surface area contributed by atoms with Crippen LogP contribution in [-0.4, -0.2) is 18.9 Å². The van der Waals surface area contributed by atoms with Gasteiger partial charge in [-0.3, -0.25) is 9.59 Å². The molecule has 7 heteroatoms. The highest BCUT2D eigenvalue weighted by atomic mass is 79.9. The number of benzene rings is 3. The first-order valence-corrected chi connectivity index (χ1v) is 9.74. The van der Waals surface area contributed by atoms with Crippen molar-refractivity contribution < 1.29 is 18.7 Å². The molecule has 0 radical (unpaired) electrons. The molecule has 152 valence electrons. The zero-order chi connectivity index (χ0) is 21.5. The lowest BCUT2D eigenvalue weighted by Crippen LogP contribution is -2.31. The largest absolute Gasteiger partial charge is 0.497 e. The Morgan fingerprint density at radius 3 is 2.27 bits per heavy atom. The fourth-order valence-corrected chi connectivity index (χ4v) is 2.86. The van der Waals surface area contributed by atoms with Gasteiger partial charge < -0.3 is 15.4 Å². The average molecular weight is 469 g/mol. The minimum atomic E-state index is -0.721. The van der Waals surface area contributed by atoms with Gasteiger partial charge >= 0.3 is 0 Å². The minimum Gasteiger partial charge on any atom is -0.497 e. The maximum Gasteiger partial charge on any atom is 0.272 e. The Labute approximate surface area is 181 Å². The molecule has 0 aliphatic heterocycles. The van der Waals surface area contributed by atoms with Gasteiger partial charge in [-0.15, -0.1) is 0 Å². The zero-order valence-electron chi connectivity index (χ0n) is 16.0. The second kappa shape index (κ2) is 9.84. The van der Waals surface area contributed by atoms with Crippen molar-refractivity contribution in [2.45, 2.75) is 0 Å². The van der Waals surface area contributed by atoms with Gasteiger partial charge in [0.1, 0.15) is 17.3 Å². The Morgan fingerprint density at radius 2 is 1.63 bits per heavy atom. The number of carbonyl (C=O) groups excluding carboxylic acids is 2. The summed E-state index contributed by atoms with van der Waals surface area (Å²) in [7, 11) is 1.55. The molecule has 0 unspecified atom stereocenters. The molecule has 3 aromatic carbocycles. The van der Waals surface area contributed by atoms with Gasteiger partial charge in [-0.25, -0.2) is 4.39 Å². The van der Waals surface area contributed by atoms with Gasteiger partial charge in [0.2, 0.25) is 0 Å². The van der Waals surface area contributed by atoms with Crippen LogP contribution in [0.5, 0.6) is 5.75 Å². The van der Waals surface area contributed by atoms with E-state index in [4.69, 9.17) is 4.74 Å². The van der Waals surface area contributed by atoms with Crippen molar-refractivity contribution >= 4 is 39.5 Å². The van der Waals surface area contributed by atoms with Crippen LogP contribution in [0.1, 0.15) is 15.9 Å². The molecule has 0 fully saturated rings. The van der Waals surface area contributed by atoms with Gasteiger partial charge in [-0.2, -0.15) is 0 Å². The molecule has 0 spiro atoms. The monoisotopic (exact) mass is 468 g/mol. The smallest absolute Gasteiger partial charge is 0.272 e. The number of rotatable bonds is 6. The lowest BCUT2D eigenvalue weighted by molar-refractivity contribution is -0.113. The number of halogens is 2. The quantitative estimate of drug-likeness (QED) is 0.499. The first kappa shape index (κ1) is 21.3. The van der Waals surface area contributed by atoms with Crippen LogP contribution >= 0.6 is 15.9 Å².